The Labute approximate surface area is 300 Å². The summed E-state index contributed by atoms with van der Waals surface area (Å²) in [7, 11) is 0. The predicted molar refractivity (Wildman–Crippen MR) is 218 cm³/mol. The Balaban J connectivity index is 1.07. The summed E-state index contributed by atoms with van der Waals surface area (Å²) in [6, 6.07) is 59.6. The summed E-state index contributed by atoms with van der Waals surface area (Å²) in [5.41, 5.74) is 15.9. The topological polar surface area (TPSA) is 51.3 Å². The van der Waals surface area contributed by atoms with Gasteiger partial charge in [0.05, 0.1) is 16.9 Å². The van der Waals surface area contributed by atoms with Crippen LogP contribution in [0.5, 0.6) is 0 Å². The van der Waals surface area contributed by atoms with Gasteiger partial charge in [-0.15, -0.1) is 11.3 Å². The highest BCUT2D eigenvalue weighted by molar-refractivity contribution is 7.26. The molecule has 7 aromatic carbocycles. The van der Waals surface area contributed by atoms with Crippen molar-refractivity contribution < 1.29 is 0 Å². The van der Waals surface area contributed by atoms with E-state index in [9.17, 15) is 0 Å². The average Bonchev–Trinajstić information content (AvgIpc) is 3.59. The molecule has 0 bridgehead atoms. The van der Waals surface area contributed by atoms with E-state index in [0.29, 0.717) is 5.84 Å². The van der Waals surface area contributed by atoms with Crippen LogP contribution in [0.4, 0.5) is 0 Å². The molecule has 0 saturated heterocycles. The SMILES string of the molecule is NC(=N/C(=C\Cc1ccc(-c2cccc(-c3nc4cc5ccccc5cc4c4sc5ccccc5c34)c2)cc1)c1ccccc1)c1ccccc1. The molecule has 9 aromatic rings. The van der Waals surface area contributed by atoms with Crippen LogP contribution in [0.2, 0.25) is 0 Å². The van der Waals surface area contributed by atoms with Crippen LogP contribution in [0.15, 0.2) is 181 Å². The van der Waals surface area contributed by atoms with E-state index in [-0.39, 0.29) is 0 Å². The summed E-state index contributed by atoms with van der Waals surface area (Å²) in [5.74, 6) is 0.503. The van der Waals surface area contributed by atoms with Crippen LogP contribution in [0.3, 0.4) is 0 Å². The molecule has 0 spiro atoms. The van der Waals surface area contributed by atoms with Crippen molar-refractivity contribution in [3.8, 4) is 22.4 Å². The monoisotopic (exact) mass is 671 g/mol. The van der Waals surface area contributed by atoms with Crippen molar-refractivity contribution in [3.63, 3.8) is 0 Å². The summed E-state index contributed by atoms with van der Waals surface area (Å²) < 4.78 is 2.57. The number of fused-ring (bicyclic) bond motifs is 6. The maximum absolute atomic E-state index is 6.45. The third-order valence-corrected chi connectivity index (χ3v) is 10.7. The molecule has 0 atom stereocenters. The molecule has 3 nitrogen and oxygen atoms in total. The van der Waals surface area contributed by atoms with Crippen molar-refractivity contribution in [1.82, 2.24) is 4.98 Å². The highest BCUT2D eigenvalue weighted by Gasteiger charge is 2.17. The molecule has 0 aliphatic heterocycles. The molecule has 2 heterocycles. The van der Waals surface area contributed by atoms with Gasteiger partial charge in [-0.1, -0.05) is 152 Å². The molecule has 2 aromatic heterocycles. The van der Waals surface area contributed by atoms with Gasteiger partial charge in [0.2, 0.25) is 0 Å². The van der Waals surface area contributed by atoms with E-state index in [1.807, 2.05) is 59.9 Å². The van der Waals surface area contributed by atoms with Gasteiger partial charge in [-0.25, -0.2) is 9.98 Å². The van der Waals surface area contributed by atoms with Crippen molar-refractivity contribution in [2.24, 2.45) is 10.7 Å². The minimum atomic E-state index is 0.503. The summed E-state index contributed by atoms with van der Waals surface area (Å²) >= 11 is 1.86. The number of aromatic nitrogens is 1. The molecule has 0 saturated carbocycles. The maximum Gasteiger partial charge on any atom is 0.131 e. The number of allylic oxidation sites excluding steroid dienone is 1. The second kappa shape index (κ2) is 13.2. The van der Waals surface area contributed by atoms with Crippen molar-refractivity contribution in [3.05, 3.63) is 193 Å². The quantitative estimate of drug-likeness (QED) is 0.104. The average molecular weight is 672 g/mol. The van der Waals surface area contributed by atoms with Crippen molar-refractivity contribution in [2.75, 3.05) is 0 Å². The fourth-order valence-electron chi connectivity index (χ4n) is 6.89. The van der Waals surface area contributed by atoms with Crippen LogP contribution >= 0.6 is 11.3 Å². The Morgan fingerprint density at radius 2 is 1.25 bits per heavy atom. The Morgan fingerprint density at radius 3 is 2.04 bits per heavy atom. The van der Waals surface area contributed by atoms with Crippen LogP contribution in [-0.2, 0) is 6.42 Å². The number of thiophene rings is 1. The zero-order valence-electron chi connectivity index (χ0n) is 27.8. The highest BCUT2D eigenvalue weighted by Crippen LogP contribution is 2.44. The number of hydrogen-bond acceptors (Lipinski definition) is 3. The van der Waals surface area contributed by atoms with Gasteiger partial charge in [0.25, 0.3) is 0 Å². The molecular weight excluding hydrogens is 639 g/mol. The molecule has 0 fully saturated rings. The first kappa shape index (κ1) is 30.7. The first-order valence-corrected chi connectivity index (χ1v) is 18.0. The molecule has 2 N–H and O–H groups in total. The first-order chi connectivity index (χ1) is 25.2. The lowest BCUT2D eigenvalue weighted by Crippen LogP contribution is -2.13. The van der Waals surface area contributed by atoms with Gasteiger partial charge in [0, 0.05) is 36.7 Å². The van der Waals surface area contributed by atoms with E-state index >= 15 is 0 Å². The smallest absolute Gasteiger partial charge is 0.131 e. The molecule has 0 unspecified atom stereocenters. The van der Waals surface area contributed by atoms with Crippen molar-refractivity contribution >= 4 is 64.7 Å². The van der Waals surface area contributed by atoms with Crippen LogP contribution in [0.1, 0.15) is 16.7 Å². The summed E-state index contributed by atoms with van der Waals surface area (Å²) in [6.07, 6.45) is 2.89. The zero-order valence-corrected chi connectivity index (χ0v) is 28.6. The first-order valence-electron chi connectivity index (χ1n) is 17.2. The Bertz CT molecular complexity index is 2760. The van der Waals surface area contributed by atoms with E-state index in [4.69, 9.17) is 15.7 Å². The maximum atomic E-state index is 6.45. The highest BCUT2D eigenvalue weighted by atomic mass is 32.1. The molecule has 51 heavy (non-hydrogen) atoms. The van der Waals surface area contributed by atoms with Crippen LogP contribution in [0, 0.1) is 0 Å². The van der Waals surface area contributed by atoms with Gasteiger partial charge in [-0.05, 0) is 63.7 Å². The third kappa shape index (κ3) is 5.96. The van der Waals surface area contributed by atoms with Crippen LogP contribution in [-0.4, -0.2) is 10.8 Å². The van der Waals surface area contributed by atoms with Gasteiger partial charge in [-0.2, -0.15) is 0 Å². The standard InChI is InChI=1S/C47H33N3S/c48-47(34-14-5-2-6-15-34)50-41(33-12-3-1-4-13-33)27-24-31-22-25-32(26-23-31)35-18-11-19-38(28-35)45-44-39-20-9-10-21-43(39)51-46(44)40-29-36-16-7-8-17-37(36)30-42(40)49-45/h1-23,25-30H,24H2,(H2,48,50)/b41-27-. The number of pyridine rings is 1. The lowest BCUT2D eigenvalue weighted by molar-refractivity contribution is 1.26. The second-order valence-corrected chi connectivity index (χ2v) is 13.8. The molecule has 242 valence electrons. The molecule has 0 amide bonds. The van der Waals surface area contributed by atoms with Gasteiger partial charge in [-0.3, -0.25) is 0 Å². The predicted octanol–water partition coefficient (Wildman–Crippen LogP) is 12.1. The molecule has 0 radical (unpaired) electrons. The van der Waals surface area contributed by atoms with Crippen LogP contribution in [0.25, 0.3) is 69.9 Å². The second-order valence-electron chi connectivity index (χ2n) is 12.8. The molecule has 9 rings (SSSR count). The van der Waals surface area contributed by atoms with E-state index in [0.717, 1.165) is 51.1 Å². The Morgan fingerprint density at radius 1 is 0.588 bits per heavy atom. The van der Waals surface area contributed by atoms with E-state index in [1.165, 1.54) is 41.9 Å². The van der Waals surface area contributed by atoms with Gasteiger partial charge in [0.1, 0.15) is 5.84 Å². The normalized spacial score (nSPS) is 12.3. The molecule has 0 aliphatic rings. The fraction of sp³-hybridized carbons (Fsp3) is 0.0213. The summed E-state index contributed by atoms with van der Waals surface area (Å²) in [5, 5.41) is 6.12. The number of nitrogens with two attached hydrogens (primary N) is 1. The van der Waals surface area contributed by atoms with E-state index in [1.54, 1.807) is 0 Å². The zero-order chi connectivity index (χ0) is 34.1. The van der Waals surface area contributed by atoms with Gasteiger partial charge < -0.3 is 5.73 Å². The number of benzene rings is 7. The number of rotatable bonds is 7. The lowest BCUT2D eigenvalue weighted by atomic mass is 9.97. The lowest BCUT2D eigenvalue weighted by Gasteiger charge is -2.11. The number of aliphatic imine (C=N–C) groups is 1. The van der Waals surface area contributed by atoms with Crippen molar-refractivity contribution in [2.45, 2.75) is 6.42 Å². The number of nitrogens with zero attached hydrogens (tertiary/aromatic N) is 2. The van der Waals surface area contributed by atoms with Crippen molar-refractivity contribution in [1.29, 1.82) is 0 Å². The summed E-state index contributed by atoms with van der Waals surface area (Å²) in [4.78, 5) is 10.2. The van der Waals surface area contributed by atoms with Crippen LogP contribution < -0.4 is 5.73 Å². The van der Waals surface area contributed by atoms with E-state index in [2.05, 4.69) is 127 Å². The minimum absolute atomic E-state index is 0.503. The summed E-state index contributed by atoms with van der Waals surface area (Å²) in [6.45, 7) is 0. The largest absolute Gasteiger partial charge is 0.383 e. The molecule has 0 aliphatic carbocycles. The number of amidine groups is 1. The fourth-order valence-corrected chi connectivity index (χ4v) is 8.12. The molecular formula is C47H33N3S. The van der Waals surface area contributed by atoms with Gasteiger partial charge >= 0.3 is 0 Å². The third-order valence-electron chi connectivity index (χ3n) is 9.51. The van der Waals surface area contributed by atoms with E-state index < -0.39 is 0 Å². The molecule has 4 heteroatoms. The number of hydrogen-bond donors (Lipinski definition) is 1. The Hall–Kier alpha value is -6.36. The van der Waals surface area contributed by atoms with Gasteiger partial charge in [0.15, 0.2) is 0 Å². The minimum Gasteiger partial charge on any atom is -0.383 e. The Kier molecular flexibility index (Phi) is 7.92.